The first-order chi connectivity index (χ1) is 16.4. The summed E-state index contributed by atoms with van der Waals surface area (Å²) < 4.78 is 13.1. The maximum absolute atomic E-state index is 13.1. The number of anilines is 2. The summed E-state index contributed by atoms with van der Waals surface area (Å²) in [4.78, 5) is 16.2. The predicted octanol–water partition coefficient (Wildman–Crippen LogP) is 4.84. The van der Waals surface area contributed by atoms with E-state index in [2.05, 4.69) is 51.7 Å². The highest BCUT2D eigenvalue weighted by atomic mass is 32.1. The molecule has 0 saturated heterocycles. The van der Waals surface area contributed by atoms with Crippen molar-refractivity contribution in [3.63, 3.8) is 0 Å². The van der Waals surface area contributed by atoms with Gasteiger partial charge in [0, 0.05) is 30.0 Å². The Labute approximate surface area is 202 Å². The molecule has 3 aromatic carbocycles. The molecule has 0 unspecified atom stereocenters. The third kappa shape index (κ3) is 5.04. The average Bonchev–Trinajstić information content (AvgIpc) is 3.23. The molecule has 0 spiro atoms. The van der Waals surface area contributed by atoms with E-state index in [9.17, 15) is 9.18 Å². The molecule has 1 aromatic heterocycles. The highest BCUT2D eigenvalue weighted by Crippen LogP contribution is 2.23. The number of nitrogens with one attached hydrogen (secondary N) is 2. The van der Waals surface area contributed by atoms with Gasteiger partial charge in [-0.2, -0.15) is 4.80 Å². The molecule has 0 aliphatic rings. The van der Waals surface area contributed by atoms with E-state index in [4.69, 9.17) is 12.2 Å². The number of halogens is 1. The number of carbonyl (C=O) groups is 1. The molecule has 174 valence electrons. The quantitative estimate of drug-likeness (QED) is 0.388. The van der Waals surface area contributed by atoms with Gasteiger partial charge in [0.25, 0.3) is 5.91 Å². The number of aryl methyl sites for hydroxylation is 1. The fraction of sp³-hybridized carbons (Fsp3) is 0.200. The molecule has 0 atom stereocenters. The Bertz CT molecular complexity index is 1330. The Balaban J connectivity index is 1.50. The second-order valence-corrected chi connectivity index (χ2v) is 8.16. The Morgan fingerprint density at radius 2 is 1.62 bits per heavy atom. The number of benzene rings is 3. The Hall–Kier alpha value is -3.85. The summed E-state index contributed by atoms with van der Waals surface area (Å²) in [6.45, 7) is 8.08. The molecule has 1 amide bonds. The van der Waals surface area contributed by atoms with Gasteiger partial charge >= 0.3 is 0 Å². The predicted molar refractivity (Wildman–Crippen MR) is 137 cm³/mol. The Morgan fingerprint density at radius 1 is 1.00 bits per heavy atom. The number of aromatic nitrogens is 3. The van der Waals surface area contributed by atoms with Crippen molar-refractivity contribution in [3.05, 3.63) is 77.6 Å². The van der Waals surface area contributed by atoms with E-state index in [1.54, 1.807) is 4.80 Å². The van der Waals surface area contributed by atoms with E-state index < -0.39 is 11.7 Å². The van der Waals surface area contributed by atoms with Crippen molar-refractivity contribution in [3.8, 4) is 5.69 Å². The Kier molecular flexibility index (Phi) is 6.83. The van der Waals surface area contributed by atoms with Gasteiger partial charge in [-0.15, -0.1) is 10.2 Å². The van der Waals surface area contributed by atoms with Crippen molar-refractivity contribution in [2.75, 3.05) is 23.3 Å². The first kappa shape index (κ1) is 23.3. The number of hydrogen-bond donors (Lipinski definition) is 2. The second kappa shape index (κ2) is 9.96. The van der Waals surface area contributed by atoms with Crippen LogP contribution in [0.15, 0.2) is 60.7 Å². The number of thiocarbonyl (C=S) groups is 1. The minimum atomic E-state index is -0.421. The topological polar surface area (TPSA) is 75.1 Å². The van der Waals surface area contributed by atoms with Crippen LogP contribution in [0.3, 0.4) is 0 Å². The van der Waals surface area contributed by atoms with E-state index in [1.165, 1.54) is 24.3 Å². The lowest BCUT2D eigenvalue weighted by Gasteiger charge is -2.20. The van der Waals surface area contributed by atoms with Crippen LogP contribution in [0.2, 0.25) is 0 Å². The summed E-state index contributed by atoms with van der Waals surface area (Å²) in [7, 11) is 0. The maximum atomic E-state index is 13.1. The van der Waals surface area contributed by atoms with Gasteiger partial charge in [-0.1, -0.05) is 0 Å². The monoisotopic (exact) mass is 476 g/mol. The van der Waals surface area contributed by atoms with Crippen LogP contribution in [-0.4, -0.2) is 39.1 Å². The third-order valence-electron chi connectivity index (χ3n) is 5.52. The first-order valence-electron chi connectivity index (χ1n) is 11.0. The van der Waals surface area contributed by atoms with Crippen molar-refractivity contribution >= 4 is 45.6 Å². The van der Waals surface area contributed by atoms with Crippen molar-refractivity contribution in [2.45, 2.75) is 20.8 Å². The summed E-state index contributed by atoms with van der Waals surface area (Å²) in [5, 5.41) is 15.0. The lowest BCUT2D eigenvalue weighted by molar-refractivity contribution is 0.0977. The van der Waals surface area contributed by atoms with Gasteiger partial charge in [-0.25, -0.2) is 4.39 Å². The van der Waals surface area contributed by atoms with Crippen molar-refractivity contribution in [1.82, 2.24) is 20.3 Å². The number of fused-ring (bicyclic) bond motifs is 1. The van der Waals surface area contributed by atoms with Crippen LogP contribution >= 0.6 is 12.2 Å². The zero-order valence-electron chi connectivity index (χ0n) is 19.2. The van der Waals surface area contributed by atoms with Crippen LogP contribution < -0.4 is 15.5 Å². The minimum Gasteiger partial charge on any atom is -0.372 e. The third-order valence-corrected chi connectivity index (χ3v) is 5.72. The van der Waals surface area contributed by atoms with Crippen molar-refractivity contribution < 1.29 is 9.18 Å². The largest absolute Gasteiger partial charge is 0.372 e. The average molecular weight is 477 g/mol. The van der Waals surface area contributed by atoms with E-state index in [1.807, 2.05) is 31.2 Å². The van der Waals surface area contributed by atoms with E-state index >= 15 is 0 Å². The molecule has 0 fully saturated rings. The number of nitrogens with zero attached hydrogens (tertiary/aromatic N) is 4. The van der Waals surface area contributed by atoms with Gasteiger partial charge in [-0.05, 0) is 99.2 Å². The summed E-state index contributed by atoms with van der Waals surface area (Å²) in [5.41, 5.74) is 5.37. The molecule has 0 bridgehead atoms. The van der Waals surface area contributed by atoms with Crippen LogP contribution in [0.4, 0.5) is 15.8 Å². The molecule has 0 saturated carbocycles. The second-order valence-electron chi connectivity index (χ2n) is 7.75. The number of hydrogen-bond acceptors (Lipinski definition) is 5. The molecule has 9 heteroatoms. The summed E-state index contributed by atoms with van der Waals surface area (Å²) in [6.07, 6.45) is 0. The standard InChI is InChI=1S/C25H25FN6OS/c1-4-31(5-2)19-10-12-20(13-11-19)32-29-22-14-16(3)21(15-23(22)30-32)27-25(34)28-24(33)17-6-8-18(26)9-7-17/h6-15H,4-5H2,1-3H3,(H2,27,28,33,34). The number of carbonyl (C=O) groups excluding carboxylic acids is 1. The fourth-order valence-corrected chi connectivity index (χ4v) is 3.84. The molecule has 7 nitrogen and oxygen atoms in total. The molecule has 4 aromatic rings. The molecule has 0 aliphatic heterocycles. The molecule has 34 heavy (non-hydrogen) atoms. The fourth-order valence-electron chi connectivity index (χ4n) is 3.63. The van der Waals surface area contributed by atoms with Crippen LogP contribution in [0.1, 0.15) is 29.8 Å². The SMILES string of the molecule is CCN(CC)c1ccc(-n2nc3cc(C)c(NC(=S)NC(=O)c4ccc(F)cc4)cc3n2)cc1. The molecule has 1 heterocycles. The number of amides is 1. The molecule has 2 N–H and O–H groups in total. The maximum Gasteiger partial charge on any atom is 0.257 e. The van der Waals surface area contributed by atoms with Crippen molar-refractivity contribution in [2.24, 2.45) is 0 Å². The first-order valence-corrected chi connectivity index (χ1v) is 11.4. The van der Waals surface area contributed by atoms with Crippen LogP contribution in [-0.2, 0) is 0 Å². The minimum absolute atomic E-state index is 0.135. The highest BCUT2D eigenvalue weighted by Gasteiger charge is 2.12. The molecule has 0 radical (unpaired) electrons. The number of rotatable bonds is 6. The zero-order valence-corrected chi connectivity index (χ0v) is 20.0. The zero-order chi connectivity index (χ0) is 24.2. The van der Waals surface area contributed by atoms with E-state index in [0.717, 1.165) is 35.5 Å². The van der Waals surface area contributed by atoms with Gasteiger partial charge in [0.05, 0.1) is 5.69 Å². The summed E-state index contributed by atoms with van der Waals surface area (Å²) in [5.74, 6) is -0.829. The molecule has 0 aliphatic carbocycles. The summed E-state index contributed by atoms with van der Waals surface area (Å²) in [6, 6.07) is 17.1. The Morgan fingerprint density at radius 3 is 2.24 bits per heavy atom. The van der Waals surface area contributed by atoms with Crippen LogP contribution in [0, 0.1) is 12.7 Å². The van der Waals surface area contributed by atoms with E-state index in [-0.39, 0.29) is 5.11 Å². The molecule has 4 rings (SSSR count). The van der Waals surface area contributed by atoms with Crippen LogP contribution in [0.25, 0.3) is 16.7 Å². The molecular formula is C25H25FN6OS. The van der Waals surface area contributed by atoms with Gasteiger partial charge in [-0.3, -0.25) is 10.1 Å². The van der Waals surface area contributed by atoms with Gasteiger partial charge in [0.1, 0.15) is 16.9 Å². The highest BCUT2D eigenvalue weighted by molar-refractivity contribution is 7.80. The van der Waals surface area contributed by atoms with Crippen molar-refractivity contribution in [1.29, 1.82) is 0 Å². The summed E-state index contributed by atoms with van der Waals surface area (Å²) >= 11 is 5.29. The van der Waals surface area contributed by atoms with Gasteiger partial charge < -0.3 is 10.2 Å². The van der Waals surface area contributed by atoms with E-state index in [0.29, 0.717) is 16.8 Å². The normalized spacial score (nSPS) is 10.8. The molecular weight excluding hydrogens is 451 g/mol. The van der Waals surface area contributed by atoms with Gasteiger partial charge in [0.15, 0.2) is 5.11 Å². The van der Waals surface area contributed by atoms with Gasteiger partial charge in [0.2, 0.25) is 0 Å². The lowest BCUT2D eigenvalue weighted by atomic mass is 10.2. The van der Waals surface area contributed by atoms with Crippen LogP contribution in [0.5, 0.6) is 0 Å². The lowest BCUT2D eigenvalue weighted by Crippen LogP contribution is -2.34. The smallest absolute Gasteiger partial charge is 0.257 e.